The van der Waals surface area contributed by atoms with E-state index >= 15 is 0 Å². The van der Waals surface area contributed by atoms with Gasteiger partial charge in [-0.25, -0.2) is 0 Å². The molecule has 0 aromatic heterocycles. The third-order valence-electron chi connectivity index (χ3n) is 3.69. The van der Waals surface area contributed by atoms with Gasteiger partial charge >= 0.3 is 17.9 Å². The number of hydrogen-bond donors (Lipinski definition) is 1. The highest BCUT2D eigenvalue weighted by Gasteiger charge is 2.46. The van der Waals surface area contributed by atoms with Crippen molar-refractivity contribution in [3.63, 3.8) is 0 Å². The van der Waals surface area contributed by atoms with Crippen LogP contribution in [-0.4, -0.2) is 36.2 Å². The van der Waals surface area contributed by atoms with Crippen LogP contribution in [0.4, 0.5) is 0 Å². The van der Waals surface area contributed by atoms with Gasteiger partial charge in [-0.1, -0.05) is 20.3 Å². The molecule has 0 heterocycles. The van der Waals surface area contributed by atoms with E-state index in [0.29, 0.717) is 32.1 Å². The first kappa shape index (κ1) is 17.5. The van der Waals surface area contributed by atoms with Crippen LogP contribution in [0.15, 0.2) is 0 Å². The Labute approximate surface area is 124 Å². The van der Waals surface area contributed by atoms with Gasteiger partial charge in [0.15, 0.2) is 0 Å². The molecule has 0 saturated heterocycles. The van der Waals surface area contributed by atoms with E-state index in [2.05, 4.69) is 0 Å². The Morgan fingerprint density at radius 1 is 0.952 bits per heavy atom. The van der Waals surface area contributed by atoms with Crippen molar-refractivity contribution in [3.8, 4) is 0 Å². The van der Waals surface area contributed by atoms with Crippen molar-refractivity contribution in [2.24, 2.45) is 17.8 Å². The summed E-state index contributed by atoms with van der Waals surface area (Å²) in [4.78, 5) is 35.6. The summed E-state index contributed by atoms with van der Waals surface area (Å²) in [5.74, 6) is -4.66. The van der Waals surface area contributed by atoms with E-state index in [-0.39, 0.29) is 13.2 Å². The van der Waals surface area contributed by atoms with Gasteiger partial charge in [-0.2, -0.15) is 0 Å². The Balaban J connectivity index is 2.88. The lowest BCUT2D eigenvalue weighted by Gasteiger charge is -2.32. The molecule has 21 heavy (non-hydrogen) atoms. The van der Waals surface area contributed by atoms with Gasteiger partial charge in [0.1, 0.15) is 0 Å². The predicted molar refractivity (Wildman–Crippen MR) is 74.5 cm³/mol. The van der Waals surface area contributed by atoms with Crippen molar-refractivity contribution >= 4 is 17.9 Å². The number of carboxylic acids is 1. The lowest BCUT2D eigenvalue weighted by atomic mass is 9.72. The van der Waals surface area contributed by atoms with Crippen LogP contribution in [0, 0.1) is 17.8 Å². The Morgan fingerprint density at radius 2 is 1.48 bits per heavy atom. The van der Waals surface area contributed by atoms with Crippen molar-refractivity contribution in [1.29, 1.82) is 0 Å². The molecule has 1 rings (SSSR count). The molecular formula is C15H24O6. The van der Waals surface area contributed by atoms with Crippen molar-refractivity contribution < 1.29 is 29.0 Å². The largest absolute Gasteiger partial charge is 0.481 e. The molecule has 0 aliphatic heterocycles. The molecule has 6 nitrogen and oxygen atoms in total. The van der Waals surface area contributed by atoms with Crippen LogP contribution in [-0.2, 0) is 23.9 Å². The summed E-state index contributed by atoms with van der Waals surface area (Å²) >= 11 is 0. The van der Waals surface area contributed by atoms with Gasteiger partial charge in [-0.3, -0.25) is 14.4 Å². The van der Waals surface area contributed by atoms with Crippen molar-refractivity contribution in [3.05, 3.63) is 0 Å². The standard InChI is InChI=1S/C15H24O6/c1-3-8-20-14(18)11-7-5-6-10(13(16)17)12(11)15(19)21-9-4-2/h10-12H,3-9H2,1-2H3,(H,16,17). The highest BCUT2D eigenvalue weighted by molar-refractivity contribution is 5.87. The summed E-state index contributed by atoms with van der Waals surface area (Å²) in [6, 6.07) is 0. The van der Waals surface area contributed by atoms with Gasteiger partial charge in [-0.15, -0.1) is 0 Å². The maximum absolute atomic E-state index is 12.2. The molecular weight excluding hydrogens is 276 g/mol. The second-order valence-corrected chi connectivity index (χ2v) is 5.34. The molecule has 1 N–H and O–H groups in total. The minimum atomic E-state index is -1.05. The molecule has 1 fully saturated rings. The lowest BCUT2D eigenvalue weighted by molar-refractivity contribution is -0.170. The minimum Gasteiger partial charge on any atom is -0.481 e. The third-order valence-corrected chi connectivity index (χ3v) is 3.69. The van der Waals surface area contributed by atoms with Crippen LogP contribution in [0.3, 0.4) is 0 Å². The average Bonchev–Trinajstić information content (AvgIpc) is 2.49. The smallest absolute Gasteiger partial charge is 0.310 e. The van der Waals surface area contributed by atoms with Crippen molar-refractivity contribution in [2.45, 2.75) is 46.0 Å². The number of esters is 2. The predicted octanol–water partition coefficient (Wildman–Crippen LogP) is 2.01. The van der Waals surface area contributed by atoms with E-state index < -0.39 is 35.7 Å². The molecule has 0 aromatic carbocycles. The molecule has 6 heteroatoms. The molecule has 0 bridgehead atoms. The zero-order chi connectivity index (χ0) is 15.8. The van der Waals surface area contributed by atoms with Gasteiger partial charge in [0.2, 0.25) is 0 Å². The van der Waals surface area contributed by atoms with Crippen LogP contribution in [0.25, 0.3) is 0 Å². The van der Waals surface area contributed by atoms with Crippen LogP contribution in [0.2, 0.25) is 0 Å². The fourth-order valence-corrected chi connectivity index (χ4v) is 2.68. The van der Waals surface area contributed by atoms with Crippen LogP contribution in [0.1, 0.15) is 46.0 Å². The Morgan fingerprint density at radius 3 is 2.00 bits per heavy atom. The number of ether oxygens (including phenoxy) is 2. The summed E-state index contributed by atoms with van der Waals surface area (Å²) < 4.78 is 10.2. The van der Waals surface area contributed by atoms with Crippen molar-refractivity contribution in [1.82, 2.24) is 0 Å². The molecule has 3 atom stereocenters. The quantitative estimate of drug-likeness (QED) is 0.723. The number of hydrogen-bond acceptors (Lipinski definition) is 5. The average molecular weight is 300 g/mol. The van der Waals surface area contributed by atoms with Gasteiger partial charge < -0.3 is 14.6 Å². The van der Waals surface area contributed by atoms with Crippen LogP contribution < -0.4 is 0 Å². The maximum atomic E-state index is 12.2. The van der Waals surface area contributed by atoms with E-state index in [0.717, 1.165) is 0 Å². The Kier molecular flexibility index (Phi) is 7.19. The van der Waals surface area contributed by atoms with Crippen LogP contribution in [0.5, 0.6) is 0 Å². The number of carbonyl (C=O) groups excluding carboxylic acids is 2. The minimum absolute atomic E-state index is 0.235. The first-order valence-corrected chi connectivity index (χ1v) is 7.58. The van der Waals surface area contributed by atoms with Crippen molar-refractivity contribution in [2.75, 3.05) is 13.2 Å². The lowest BCUT2D eigenvalue weighted by Crippen LogP contribution is -2.43. The number of aliphatic carboxylic acids is 1. The summed E-state index contributed by atoms with van der Waals surface area (Å²) in [5, 5.41) is 9.30. The fourth-order valence-electron chi connectivity index (χ4n) is 2.68. The normalized spacial score (nSPS) is 25.1. The fraction of sp³-hybridized carbons (Fsp3) is 0.800. The summed E-state index contributed by atoms with van der Waals surface area (Å²) in [6.07, 6.45) is 2.80. The zero-order valence-electron chi connectivity index (χ0n) is 12.7. The summed E-state index contributed by atoms with van der Waals surface area (Å²) in [7, 11) is 0. The van der Waals surface area contributed by atoms with E-state index in [9.17, 15) is 19.5 Å². The monoisotopic (exact) mass is 300 g/mol. The molecule has 0 aromatic rings. The maximum Gasteiger partial charge on any atom is 0.310 e. The van der Waals surface area contributed by atoms with Gasteiger partial charge in [-0.05, 0) is 25.7 Å². The topological polar surface area (TPSA) is 89.9 Å². The highest BCUT2D eigenvalue weighted by atomic mass is 16.5. The molecule has 120 valence electrons. The Hall–Kier alpha value is -1.59. The number of rotatable bonds is 7. The molecule has 1 aliphatic carbocycles. The van der Waals surface area contributed by atoms with E-state index in [1.54, 1.807) is 0 Å². The van der Waals surface area contributed by atoms with E-state index in [1.807, 2.05) is 13.8 Å². The first-order chi connectivity index (χ1) is 10.0. The highest BCUT2D eigenvalue weighted by Crippen LogP contribution is 2.37. The van der Waals surface area contributed by atoms with Crippen LogP contribution >= 0.6 is 0 Å². The summed E-state index contributed by atoms with van der Waals surface area (Å²) in [6.45, 7) is 4.25. The summed E-state index contributed by atoms with van der Waals surface area (Å²) in [5.41, 5.74) is 0. The second-order valence-electron chi connectivity index (χ2n) is 5.34. The third kappa shape index (κ3) is 4.72. The number of carbonyl (C=O) groups is 3. The molecule has 3 unspecified atom stereocenters. The molecule has 1 aliphatic rings. The van der Waals surface area contributed by atoms with Gasteiger partial charge in [0.25, 0.3) is 0 Å². The Bertz CT molecular complexity index is 378. The van der Waals surface area contributed by atoms with E-state index in [1.165, 1.54) is 0 Å². The molecule has 1 saturated carbocycles. The van der Waals surface area contributed by atoms with Gasteiger partial charge in [0.05, 0.1) is 31.0 Å². The SMILES string of the molecule is CCCOC(=O)C1CCCC(C(=O)O)C1C(=O)OCCC. The first-order valence-electron chi connectivity index (χ1n) is 7.58. The van der Waals surface area contributed by atoms with Gasteiger partial charge in [0, 0.05) is 0 Å². The van der Waals surface area contributed by atoms with E-state index in [4.69, 9.17) is 9.47 Å². The zero-order valence-corrected chi connectivity index (χ0v) is 12.7. The molecule has 0 amide bonds. The second kappa shape index (κ2) is 8.64. The molecule has 0 radical (unpaired) electrons. The molecule has 0 spiro atoms. The number of carboxylic acid groups (broad SMARTS) is 1.